The molecule has 0 aromatic heterocycles. The summed E-state index contributed by atoms with van der Waals surface area (Å²) in [5.41, 5.74) is 0. The third-order valence-electron chi connectivity index (χ3n) is 1.60. The van der Waals surface area contributed by atoms with Crippen molar-refractivity contribution in [3.63, 3.8) is 0 Å². The van der Waals surface area contributed by atoms with Crippen LogP contribution in [0.4, 0.5) is 0 Å². The standard InChI is InChI=1S/C10H16N2/c1-3-4-5-6-7-12-9-10(2)8-11/h1,10,12H,4-7,9H2,2H3. The predicted molar refractivity (Wildman–Crippen MR) is 50.3 cm³/mol. The zero-order valence-corrected chi connectivity index (χ0v) is 7.64. The van der Waals surface area contributed by atoms with Crippen molar-refractivity contribution in [2.24, 2.45) is 5.92 Å². The quantitative estimate of drug-likeness (QED) is 0.477. The van der Waals surface area contributed by atoms with Gasteiger partial charge in [-0.3, -0.25) is 0 Å². The van der Waals surface area contributed by atoms with Crippen molar-refractivity contribution in [1.29, 1.82) is 5.26 Å². The van der Waals surface area contributed by atoms with Crippen LogP contribution in [-0.4, -0.2) is 13.1 Å². The molecule has 1 atom stereocenters. The molecule has 0 radical (unpaired) electrons. The molecule has 0 heterocycles. The van der Waals surface area contributed by atoms with E-state index in [2.05, 4.69) is 17.3 Å². The van der Waals surface area contributed by atoms with Gasteiger partial charge in [-0.1, -0.05) is 0 Å². The summed E-state index contributed by atoms with van der Waals surface area (Å²) >= 11 is 0. The van der Waals surface area contributed by atoms with Gasteiger partial charge in [-0.2, -0.15) is 5.26 Å². The van der Waals surface area contributed by atoms with Crippen LogP contribution in [0, 0.1) is 29.6 Å². The lowest BCUT2D eigenvalue weighted by molar-refractivity contribution is 0.575. The Morgan fingerprint density at radius 3 is 2.83 bits per heavy atom. The van der Waals surface area contributed by atoms with Crippen molar-refractivity contribution in [3.05, 3.63) is 0 Å². The molecule has 0 aromatic carbocycles. The number of unbranched alkanes of at least 4 members (excludes halogenated alkanes) is 2. The van der Waals surface area contributed by atoms with Crippen LogP contribution in [0.25, 0.3) is 0 Å². The molecule has 0 saturated carbocycles. The first-order valence-corrected chi connectivity index (χ1v) is 4.35. The lowest BCUT2D eigenvalue weighted by Crippen LogP contribution is -2.21. The molecule has 12 heavy (non-hydrogen) atoms. The molecule has 0 aromatic rings. The van der Waals surface area contributed by atoms with Crippen LogP contribution in [-0.2, 0) is 0 Å². The zero-order valence-electron chi connectivity index (χ0n) is 7.64. The number of hydrogen-bond donors (Lipinski definition) is 1. The van der Waals surface area contributed by atoms with Gasteiger partial charge in [0, 0.05) is 13.0 Å². The second-order valence-electron chi connectivity index (χ2n) is 2.90. The summed E-state index contributed by atoms with van der Waals surface area (Å²) in [6, 6.07) is 2.17. The molecule has 0 amide bonds. The summed E-state index contributed by atoms with van der Waals surface area (Å²) in [6.07, 6.45) is 8.13. The van der Waals surface area contributed by atoms with Crippen molar-refractivity contribution < 1.29 is 0 Å². The van der Waals surface area contributed by atoms with Gasteiger partial charge in [0.25, 0.3) is 0 Å². The van der Waals surface area contributed by atoms with Gasteiger partial charge in [-0.05, 0) is 26.3 Å². The number of rotatable bonds is 6. The van der Waals surface area contributed by atoms with Crippen LogP contribution in [0.1, 0.15) is 26.2 Å². The minimum Gasteiger partial charge on any atom is -0.315 e. The van der Waals surface area contributed by atoms with Crippen molar-refractivity contribution in [1.82, 2.24) is 5.32 Å². The highest BCUT2D eigenvalue weighted by molar-refractivity contribution is 4.83. The van der Waals surface area contributed by atoms with E-state index in [9.17, 15) is 0 Å². The van der Waals surface area contributed by atoms with Crippen LogP contribution in [0.3, 0.4) is 0 Å². The van der Waals surface area contributed by atoms with Crippen LogP contribution in [0.15, 0.2) is 0 Å². The van der Waals surface area contributed by atoms with Gasteiger partial charge in [0.1, 0.15) is 0 Å². The van der Waals surface area contributed by atoms with E-state index in [0.717, 1.165) is 32.4 Å². The largest absolute Gasteiger partial charge is 0.315 e. The van der Waals surface area contributed by atoms with E-state index in [1.165, 1.54) is 0 Å². The maximum Gasteiger partial charge on any atom is 0.0666 e. The van der Waals surface area contributed by atoms with E-state index in [4.69, 9.17) is 11.7 Å². The summed E-state index contributed by atoms with van der Waals surface area (Å²) in [5.74, 6) is 2.71. The Morgan fingerprint density at radius 1 is 1.50 bits per heavy atom. The van der Waals surface area contributed by atoms with Gasteiger partial charge in [0.15, 0.2) is 0 Å². The van der Waals surface area contributed by atoms with E-state index in [0.29, 0.717) is 0 Å². The van der Waals surface area contributed by atoms with Crippen molar-refractivity contribution in [3.8, 4) is 18.4 Å². The molecule has 0 bridgehead atoms. The predicted octanol–water partition coefficient (Wildman–Crippen LogP) is 1.54. The van der Waals surface area contributed by atoms with E-state index >= 15 is 0 Å². The highest BCUT2D eigenvalue weighted by Gasteiger charge is 1.96. The van der Waals surface area contributed by atoms with E-state index in [1.54, 1.807) is 0 Å². The Bertz CT molecular complexity index is 173. The van der Waals surface area contributed by atoms with Crippen LogP contribution in [0.5, 0.6) is 0 Å². The van der Waals surface area contributed by atoms with Gasteiger partial charge in [-0.25, -0.2) is 0 Å². The average Bonchev–Trinajstić information content (AvgIpc) is 2.10. The van der Waals surface area contributed by atoms with Crippen molar-refractivity contribution in [2.75, 3.05) is 13.1 Å². The second-order valence-corrected chi connectivity index (χ2v) is 2.90. The molecule has 0 fully saturated rings. The fourth-order valence-corrected chi connectivity index (χ4v) is 0.841. The van der Waals surface area contributed by atoms with E-state index in [1.807, 2.05) is 6.92 Å². The number of hydrogen-bond acceptors (Lipinski definition) is 2. The maximum absolute atomic E-state index is 8.46. The molecule has 0 aliphatic heterocycles. The molecule has 66 valence electrons. The first-order chi connectivity index (χ1) is 5.81. The van der Waals surface area contributed by atoms with Crippen LogP contribution in [0.2, 0.25) is 0 Å². The normalized spacial score (nSPS) is 11.6. The Morgan fingerprint density at radius 2 is 2.25 bits per heavy atom. The Labute approximate surface area is 75.0 Å². The Balaban J connectivity index is 3.03. The molecular formula is C10H16N2. The number of nitrogens with one attached hydrogen (secondary N) is 1. The maximum atomic E-state index is 8.46. The minimum atomic E-state index is 0.109. The minimum absolute atomic E-state index is 0.109. The van der Waals surface area contributed by atoms with Gasteiger partial charge in [0.05, 0.1) is 12.0 Å². The highest BCUT2D eigenvalue weighted by Crippen LogP contribution is 1.92. The zero-order chi connectivity index (χ0) is 9.23. The number of nitrogens with zero attached hydrogens (tertiary/aromatic N) is 1. The molecule has 0 aliphatic rings. The van der Waals surface area contributed by atoms with Crippen LogP contribution < -0.4 is 5.32 Å². The van der Waals surface area contributed by atoms with Crippen LogP contribution >= 0.6 is 0 Å². The highest BCUT2D eigenvalue weighted by atomic mass is 14.8. The third-order valence-corrected chi connectivity index (χ3v) is 1.60. The first kappa shape index (κ1) is 11.0. The first-order valence-electron chi connectivity index (χ1n) is 4.35. The van der Waals surface area contributed by atoms with Gasteiger partial charge in [-0.15, -0.1) is 12.3 Å². The monoisotopic (exact) mass is 164 g/mol. The van der Waals surface area contributed by atoms with Gasteiger partial charge in [0.2, 0.25) is 0 Å². The lowest BCUT2D eigenvalue weighted by atomic mass is 10.2. The molecule has 1 N–H and O–H groups in total. The number of nitriles is 1. The number of terminal acetylenes is 1. The topological polar surface area (TPSA) is 35.8 Å². The SMILES string of the molecule is C#CCCCCNCC(C)C#N. The summed E-state index contributed by atoms with van der Waals surface area (Å²) in [5, 5.41) is 11.7. The summed E-state index contributed by atoms with van der Waals surface area (Å²) in [4.78, 5) is 0. The molecule has 2 nitrogen and oxygen atoms in total. The third kappa shape index (κ3) is 7.12. The molecular weight excluding hydrogens is 148 g/mol. The lowest BCUT2D eigenvalue weighted by Gasteiger charge is -2.03. The van der Waals surface area contributed by atoms with E-state index < -0.39 is 0 Å². The summed E-state index contributed by atoms with van der Waals surface area (Å²) in [6.45, 7) is 3.66. The molecule has 0 aliphatic carbocycles. The smallest absolute Gasteiger partial charge is 0.0666 e. The fraction of sp³-hybridized carbons (Fsp3) is 0.700. The van der Waals surface area contributed by atoms with Crippen molar-refractivity contribution in [2.45, 2.75) is 26.2 Å². The molecule has 0 spiro atoms. The van der Waals surface area contributed by atoms with Gasteiger partial charge < -0.3 is 5.32 Å². The Hall–Kier alpha value is -0.990. The summed E-state index contributed by atoms with van der Waals surface area (Å²) < 4.78 is 0. The summed E-state index contributed by atoms with van der Waals surface area (Å²) in [7, 11) is 0. The second kappa shape index (κ2) is 8.11. The van der Waals surface area contributed by atoms with E-state index in [-0.39, 0.29) is 5.92 Å². The van der Waals surface area contributed by atoms with Crippen molar-refractivity contribution >= 4 is 0 Å². The molecule has 0 rings (SSSR count). The Kier molecular flexibility index (Phi) is 7.44. The molecule has 2 heteroatoms. The average molecular weight is 164 g/mol. The molecule has 1 unspecified atom stereocenters. The fourth-order valence-electron chi connectivity index (χ4n) is 0.841. The molecule has 0 saturated heterocycles. The van der Waals surface area contributed by atoms with Gasteiger partial charge >= 0.3 is 0 Å².